The molecule has 3 heteroatoms. The van der Waals surface area contributed by atoms with Crippen LogP contribution in [0, 0.1) is 0 Å². The number of carbonyl (C=O) groups is 1. The number of carboxylic acid groups (broad SMARTS) is 1. The van der Waals surface area contributed by atoms with Gasteiger partial charge in [0.15, 0.2) is 0 Å². The Labute approximate surface area is 103 Å². The van der Waals surface area contributed by atoms with Crippen LogP contribution in [0.5, 0.6) is 0 Å². The van der Waals surface area contributed by atoms with Crippen LogP contribution in [0.15, 0.2) is 24.3 Å². The van der Waals surface area contributed by atoms with Crippen LogP contribution in [-0.2, 0) is 16.8 Å². The predicted octanol–water partition coefficient (Wildman–Crippen LogP) is 2.50. The molecule has 0 saturated heterocycles. The standard InChI is InChI=1S/C14H21NO2/c1-5-11-7-9-12(10-8-11)14(3,13(16)17)15(4)6-2/h7-10H,5-6H2,1-4H3,(H,16,17). The van der Waals surface area contributed by atoms with E-state index in [2.05, 4.69) is 6.92 Å². The molecule has 0 aliphatic carbocycles. The number of hydrogen-bond donors (Lipinski definition) is 1. The number of aryl methyl sites for hydroxylation is 1. The maximum atomic E-state index is 11.5. The van der Waals surface area contributed by atoms with E-state index in [1.165, 1.54) is 5.56 Å². The second-order valence-corrected chi connectivity index (χ2v) is 4.44. The van der Waals surface area contributed by atoms with Gasteiger partial charge in [0.05, 0.1) is 0 Å². The summed E-state index contributed by atoms with van der Waals surface area (Å²) in [4.78, 5) is 13.4. The highest BCUT2D eigenvalue weighted by Gasteiger charge is 2.38. The predicted molar refractivity (Wildman–Crippen MR) is 69.1 cm³/mol. The Morgan fingerprint density at radius 1 is 1.29 bits per heavy atom. The summed E-state index contributed by atoms with van der Waals surface area (Å²) in [7, 11) is 1.84. The number of carboxylic acids is 1. The van der Waals surface area contributed by atoms with Crippen LogP contribution in [0.4, 0.5) is 0 Å². The van der Waals surface area contributed by atoms with Crippen molar-refractivity contribution >= 4 is 5.97 Å². The van der Waals surface area contributed by atoms with Gasteiger partial charge in [-0.05, 0) is 38.1 Å². The van der Waals surface area contributed by atoms with Gasteiger partial charge in [-0.1, -0.05) is 38.1 Å². The molecular weight excluding hydrogens is 214 g/mol. The monoisotopic (exact) mass is 235 g/mol. The smallest absolute Gasteiger partial charge is 0.328 e. The van der Waals surface area contributed by atoms with Gasteiger partial charge in [-0.3, -0.25) is 4.90 Å². The van der Waals surface area contributed by atoms with Gasteiger partial charge in [0.1, 0.15) is 5.54 Å². The van der Waals surface area contributed by atoms with Gasteiger partial charge in [0.2, 0.25) is 0 Å². The molecule has 0 saturated carbocycles. The molecule has 0 aliphatic rings. The lowest BCUT2D eigenvalue weighted by molar-refractivity contribution is -0.150. The number of aliphatic carboxylic acids is 1. The Kier molecular flexibility index (Phi) is 4.29. The maximum absolute atomic E-state index is 11.5. The van der Waals surface area contributed by atoms with E-state index in [1.807, 2.05) is 43.1 Å². The van der Waals surface area contributed by atoms with Crippen molar-refractivity contribution in [3.05, 3.63) is 35.4 Å². The molecular formula is C14H21NO2. The van der Waals surface area contributed by atoms with Gasteiger partial charge in [0, 0.05) is 0 Å². The second-order valence-electron chi connectivity index (χ2n) is 4.44. The summed E-state index contributed by atoms with van der Waals surface area (Å²) >= 11 is 0. The van der Waals surface area contributed by atoms with Crippen LogP contribution in [0.2, 0.25) is 0 Å². The van der Waals surface area contributed by atoms with Crippen molar-refractivity contribution in [2.45, 2.75) is 32.7 Å². The van der Waals surface area contributed by atoms with Crippen LogP contribution >= 0.6 is 0 Å². The van der Waals surface area contributed by atoms with E-state index in [-0.39, 0.29) is 0 Å². The van der Waals surface area contributed by atoms with Gasteiger partial charge < -0.3 is 5.11 Å². The number of benzene rings is 1. The molecule has 3 nitrogen and oxygen atoms in total. The van der Waals surface area contributed by atoms with Crippen LogP contribution in [-0.4, -0.2) is 29.6 Å². The van der Waals surface area contributed by atoms with Crippen LogP contribution in [0.3, 0.4) is 0 Å². The zero-order valence-electron chi connectivity index (χ0n) is 11.0. The molecule has 1 unspecified atom stereocenters. The number of nitrogens with zero attached hydrogens (tertiary/aromatic N) is 1. The second kappa shape index (κ2) is 5.32. The van der Waals surface area contributed by atoms with E-state index >= 15 is 0 Å². The molecule has 1 aromatic carbocycles. The maximum Gasteiger partial charge on any atom is 0.328 e. The largest absolute Gasteiger partial charge is 0.480 e. The van der Waals surface area contributed by atoms with E-state index in [4.69, 9.17) is 0 Å². The minimum Gasteiger partial charge on any atom is -0.480 e. The van der Waals surface area contributed by atoms with E-state index in [0.717, 1.165) is 12.0 Å². The van der Waals surface area contributed by atoms with Crippen LogP contribution in [0.25, 0.3) is 0 Å². The summed E-state index contributed by atoms with van der Waals surface area (Å²) in [6.07, 6.45) is 0.966. The molecule has 0 radical (unpaired) electrons. The highest BCUT2D eigenvalue weighted by molar-refractivity contribution is 5.80. The van der Waals surface area contributed by atoms with Crippen molar-refractivity contribution in [2.75, 3.05) is 13.6 Å². The molecule has 94 valence electrons. The van der Waals surface area contributed by atoms with E-state index in [1.54, 1.807) is 6.92 Å². The molecule has 1 aromatic rings. The molecule has 0 aliphatic heterocycles. The fraction of sp³-hybridized carbons (Fsp3) is 0.500. The average Bonchev–Trinajstić information content (AvgIpc) is 2.36. The van der Waals surface area contributed by atoms with Crippen molar-refractivity contribution in [1.82, 2.24) is 4.90 Å². The summed E-state index contributed by atoms with van der Waals surface area (Å²) in [6.45, 7) is 6.49. The van der Waals surface area contributed by atoms with Gasteiger partial charge in [-0.25, -0.2) is 4.79 Å². The molecule has 1 atom stereocenters. The van der Waals surface area contributed by atoms with Crippen molar-refractivity contribution in [3.8, 4) is 0 Å². The zero-order valence-corrected chi connectivity index (χ0v) is 11.0. The summed E-state index contributed by atoms with van der Waals surface area (Å²) < 4.78 is 0. The van der Waals surface area contributed by atoms with Crippen LogP contribution < -0.4 is 0 Å². The first kappa shape index (κ1) is 13.7. The number of likely N-dealkylation sites (N-methyl/N-ethyl adjacent to an activating group) is 1. The highest BCUT2D eigenvalue weighted by atomic mass is 16.4. The van der Waals surface area contributed by atoms with Crippen LogP contribution in [0.1, 0.15) is 31.9 Å². The number of rotatable bonds is 5. The van der Waals surface area contributed by atoms with Crippen molar-refractivity contribution < 1.29 is 9.90 Å². The lowest BCUT2D eigenvalue weighted by atomic mass is 9.89. The molecule has 0 amide bonds. The van der Waals surface area contributed by atoms with Crippen molar-refractivity contribution in [1.29, 1.82) is 0 Å². The Morgan fingerprint density at radius 3 is 2.18 bits per heavy atom. The fourth-order valence-electron chi connectivity index (χ4n) is 1.89. The lowest BCUT2D eigenvalue weighted by Gasteiger charge is -2.34. The third-order valence-electron chi connectivity index (χ3n) is 3.58. The third kappa shape index (κ3) is 2.50. The quantitative estimate of drug-likeness (QED) is 0.852. The highest BCUT2D eigenvalue weighted by Crippen LogP contribution is 2.27. The Hall–Kier alpha value is -1.35. The molecule has 1 rings (SSSR count). The average molecular weight is 235 g/mol. The topological polar surface area (TPSA) is 40.5 Å². The Morgan fingerprint density at radius 2 is 1.82 bits per heavy atom. The zero-order chi connectivity index (χ0) is 13.1. The molecule has 0 fully saturated rings. The number of hydrogen-bond acceptors (Lipinski definition) is 2. The minimum absolute atomic E-state index is 0.693. The van der Waals surface area contributed by atoms with E-state index in [0.29, 0.717) is 6.54 Å². The first-order valence-corrected chi connectivity index (χ1v) is 6.00. The minimum atomic E-state index is -0.957. The SMILES string of the molecule is CCc1ccc(C(C)(C(=O)O)N(C)CC)cc1. The molecule has 0 bridgehead atoms. The third-order valence-corrected chi connectivity index (χ3v) is 3.58. The van der Waals surface area contributed by atoms with Crippen molar-refractivity contribution in [3.63, 3.8) is 0 Å². The summed E-state index contributed by atoms with van der Waals surface area (Å²) in [6, 6.07) is 7.83. The van der Waals surface area contributed by atoms with Gasteiger partial charge in [-0.2, -0.15) is 0 Å². The molecule has 1 N–H and O–H groups in total. The molecule has 0 spiro atoms. The summed E-state index contributed by atoms with van der Waals surface area (Å²) in [5.74, 6) is -0.814. The Balaban J connectivity index is 3.18. The van der Waals surface area contributed by atoms with Gasteiger partial charge in [0.25, 0.3) is 0 Å². The fourth-order valence-corrected chi connectivity index (χ4v) is 1.89. The summed E-state index contributed by atoms with van der Waals surface area (Å²) in [5, 5.41) is 9.47. The molecule has 0 aromatic heterocycles. The van der Waals surface area contributed by atoms with E-state index in [9.17, 15) is 9.90 Å². The van der Waals surface area contributed by atoms with Gasteiger partial charge >= 0.3 is 5.97 Å². The first-order chi connectivity index (χ1) is 7.96. The Bertz CT molecular complexity index is 386. The molecule has 0 heterocycles. The van der Waals surface area contributed by atoms with Gasteiger partial charge in [-0.15, -0.1) is 0 Å². The first-order valence-electron chi connectivity index (χ1n) is 6.00. The van der Waals surface area contributed by atoms with E-state index < -0.39 is 11.5 Å². The lowest BCUT2D eigenvalue weighted by Crippen LogP contribution is -2.47. The summed E-state index contributed by atoms with van der Waals surface area (Å²) in [5.41, 5.74) is 1.09. The molecule has 17 heavy (non-hydrogen) atoms. The normalized spacial score (nSPS) is 14.6. The van der Waals surface area contributed by atoms with Crippen molar-refractivity contribution in [2.24, 2.45) is 0 Å².